The van der Waals surface area contributed by atoms with E-state index in [4.69, 9.17) is 11.6 Å². The van der Waals surface area contributed by atoms with Gasteiger partial charge in [0, 0.05) is 6.42 Å². The Morgan fingerprint density at radius 1 is 1.27 bits per heavy atom. The Balaban J connectivity index is 3.84. The molecular weight excluding hydrogens is 196 g/mol. The van der Waals surface area contributed by atoms with Crippen LogP contribution in [0.4, 0.5) is 0 Å². The summed E-state index contributed by atoms with van der Waals surface area (Å²) in [5.41, 5.74) is 5.58. The minimum absolute atomic E-state index is 0.00572. The van der Waals surface area contributed by atoms with Gasteiger partial charge >= 0.3 is 0 Å². The van der Waals surface area contributed by atoms with E-state index in [1.165, 1.54) is 0 Å². The van der Waals surface area contributed by atoms with E-state index in [1.54, 1.807) is 0 Å². The zero-order valence-electron chi connectivity index (χ0n) is 9.36. The van der Waals surface area contributed by atoms with Gasteiger partial charge in [-0.25, -0.2) is 5.90 Å². The number of ketones is 2. The summed E-state index contributed by atoms with van der Waals surface area (Å²) < 4.78 is 0. The number of carbonyl (C=O) groups excluding carboxylic acids is 2. The van der Waals surface area contributed by atoms with Crippen LogP contribution in [-0.2, 0) is 14.4 Å². The van der Waals surface area contributed by atoms with E-state index in [0.717, 1.165) is 0 Å². The summed E-state index contributed by atoms with van der Waals surface area (Å²) in [6, 6.07) is -0.678. The SMILES string of the molecule is CC(C)[C@H](N)C(=O)C(=O)CCCCON. The van der Waals surface area contributed by atoms with Crippen molar-refractivity contribution < 1.29 is 14.4 Å². The van der Waals surface area contributed by atoms with Crippen molar-refractivity contribution in [2.45, 2.75) is 39.2 Å². The van der Waals surface area contributed by atoms with Crippen molar-refractivity contribution in [2.75, 3.05) is 6.61 Å². The number of Topliss-reactive ketones (excluding diaryl/α,β-unsaturated/α-hetero) is 2. The van der Waals surface area contributed by atoms with Gasteiger partial charge in [0.05, 0.1) is 12.6 Å². The van der Waals surface area contributed by atoms with Gasteiger partial charge in [-0.2, -0.15) is 0 Å². The maximum absolute atomic E-state index is 11.4. The monoisotopic (exact) mass is 216 g/mol. The minimum Gasteiger partial charge on any atom is -0.321 e. The number of hydrogen-bond donors (Lipinski definition) is 2. The van der Waals surface area contributed by atoms with Gasteiger partial charge in [0.2, 0.25) is 5.78 Å². The van der Waals surface area contributed by atoms with Gasteiger partial charge in [-0.3, -0.25) is 9.59 Å². The van der Waals surface area contributed by atoms with Crippen LogP contribution in [0.1, 0.15) is 33.1 Å². The lowest BCUT2D eigenvalue weighted by Gasteiger charge is -2.12. The third kappa shape index (κ3) is 5.61. The zero-order valence-corrected chi connectivity index (χ0v) is 9.36. The van der Waals surface area contributed by atoms with Crippen LogP contribution in [0.3, 0.4) is 0 Å². The van der Waals surface area contributed by atoms with Crippen molar-refractivity contribution in [1.82, 2.24) is 0 Å². The molecular formula is C10H20N2O3. The van der Waals surface area contributed by atoms with Crippen molar-refractivity contribution >= 4 is 11.6 Å². The van der Waals surface area contributed by atoms with Gasteiger partial charge in [0.1, 0.15) is 0 Å². The highest BCUT2D eigenvalue weighted by atomic mass is 16.6. The Bertz CT molecular complexity index is 217. The molecule has 15 heavy (non-hydrogen) atoms. The molecule has 88 valence electrons. The largest absolute Gasteiger partial charge is 0.321 e. The second kappa shape index (κ2) is 7.50. The first kappa shape index (κ1) is 14.2. The van der Waals surface area contributed by atoms with Gasteiger partial charge in [-0.1, -0.05) is 13.8 Å². The molecule has 0 aliphatic heterocycles. The summed E-state index contributed by atoms with van der Waals surface area (Å²) in [4.78, 5) is 27.1. The normalized spacial score (nSPS) is 12.9. The zero-order chi connectivity index (χ0) is 11.8. The highest BCUT2D eigenvalue weighted by Gasteiger charge is 2.23. The van der Waals surface area contributed by atoms with Crippen LogP contribution >= 0.6 is 0 Å². The van der Waals surface area contributed by atoms with E-state index in [2.05, 4.69) is 4.84 Å². The van der Waals surface area contributed by atoms with E-state index in [1.807, 2.05) is 13.8 Å². The molecule has 0 aliphatic carbocycles. The first-order chi connectivity index (χ1) is 7.00. The highest BCUT2D eigenvalue weighted by Crippen LogP contribution is 2.04. The smallest absolute Gasteiger partial charge is 0.215 e. The minimum atomic E-state index is -0.678. The van der Waals surface area contributed by atoms with Crippen LogP contribution in [-0.4, -0.2) is 24.2 Å². The van der Waals surface area contributed by atoms with Crippen LogP contribution in [0.5, 0.6) is 0 Å². The number of nitrogens with two attached hydrogens (primary N) is 2. The van der Waals surface area contributed by atoms with Crippen molar-refractivity contribution in [3.05, 3.63) is 0 Å². The topological polar surface area (TPSA) is 95.4 Å². The fourth-order valence-electron chi connectivity index (χ4n) is 1.08. The summed E-state index contributed by atoms with van der Waals surface area (Å²) >= 11 is 0. The highest BCUT2D eigenvalue weighted by molar-refractivity contribution is 6.39. The molecule has 1 atom stereocenters. The molecule has 0 saturated carbocycles. The molecule has 4 N–H and O–H groups in total. The molecule has 0 unspecified atom stereocenters. The van der Waals surface area contributed by atoms with Crippen LogP contribution < -0.4 is 11.6 Å². The molecule has 0 aromatic carbocycles. The van der Waals surface area contributed by atoms with Gasteiger partial charge in [0.25, 0.3) is 0 Å². The number of unbranched alkanes of at least 4 members (excludes halogenated alkanes) is 1. The summed E-state index contributed by atoms with van der Waals surface area (Å²) in [7, 11) is 0. The Kier molecular flexibility index (Phi) is 7.11. The number of hydrogen-bond acceptors (Lipinski definition) is 5. The molecule has 0 amide bonds. The van der Waals surface area contributed by atoms with E-state index in [-0.39, 0.29) is 12.3 Å². The predicted molar refractivity (Wildman–Crippen MR) is 56.8 cm³/mol. The Morgan fingerprint density at radius 3 is 2.33 bits per heavy atom. The molecule has 5 nitrogen and oxygen atoms in total. The average molecular weight is 216 g/mol. The lowest BCUT2D eigenvalue weighted by molar-refractivity contribution is -0.138. The Labute approximate surface area is 90.1 Å². The molecule has 0 spiro atoms. The quantitative estimate of drug-likeness (QED) is 0.342. The molecule has 0 heterocycles. The lowest BCUT2D eigenvalue weighted by Crippen LogP contribution is -2.40. The molecule has 0 radical (unpaired) electrons. The molecule has 0 saturated heterocycles. The second-order valence-electron chi connectivity index (χ2n) is 3.89. The first-order valence-corrected chi connectivity index (χ1v) is 5.15. The van der Waals surface area contributed by atoms with Crippen molar-refractivity contribution in [3.63, 3.8) is 0 Å². The fourth-order valence-corrected chi connectivity index (χ4v) is 1.08. The molecule has 0 rings (SSSR count). The average Bonchev–Trinajstić information content (AvgIpc) is 2.21. The number of rotatable bonds is 8. The van der Waals surface area contributed by atoms with Crippen LogP contribution in [0.2, 0.25) is 0 Å². The van der Waals surface area contributed by atoms with Crippen LogP contribution in [0.25, 0.3) is 0 Å². The van der Waals surface area contributed by atoms with Gasteiger partial charge in [-0.15, -0.1) is 0 Å². The molecule has 0 bridgehead atoms. The van der Waals surface area contributed by atoms with Crippen LogP contribution in [0.15, 0.2) is 0 Å². The molecule has 0 aliphatic rings. The standard InChI is InChI=1S/C10H20N2O3/c1-7(2)9(11)10(14)8(13)5-3-4-6-15-12/h7,9H,3-6,11-12H2,1-2H3/t9-/m0/s1. The van der Waals surface area contributed by atoms with Gasteiger partial charge < -0.3 is 10.6 Å². The molecule has 0 aromatic rings. The van der Waals surface area contributed by atoms with Crippen molar-refractivity contribution in [3.8, 4) is 0 Å². The summed E-state index contributed by atoms with van der Waals surface area (Å²) in [5.74, 6) is 3.95. The molecule has 0 aromatic heterocycles. The van der Waals surface area contributed by atoms with E-state index < -0.39 is 17.6 Å². The summed E-state index contributed by atoms with van der Waals surface area (Å²) in [6.45, 7) is 4.04. The van der Waals surface area contributed by atoms with Crippen molar-refractivity contribution in [1.29, 1.82) is 0 Å². The van der Waals surface area contributed by atoms with E-state index in [0.29, 0.717) is 19.4 Å². The Hall–Kier alpha value is -0.780. The number of carbonyl (C=O) groups is 2. The van der Waals surface area contributed by atoms with Gasteiger partial charge in [0.15, 0.2) is 5.78 Å². The third-order valence-corrected chi connectivity index (χ3v) is 2.21. The third-order valence-electron chi connectivity index (χ3n) is 2.21. The predicted octanol–water partition coefficient (Wildman–Crippen LogP) is 0.169. The second-order valence-corrected chi connectivity index (χ2v) is 3.89. The van der Waals surface area contributed by atoms with E-state index in [9.17, 15) is 9.59 Å². The van der Waals surface area contributed by atoms with Gasteiger partial charge in [-0.05, 0) is 18.8 Å². The van der Waals surface area contributed by atoms with Crippen molar-refractivity contribution in [2.24, 2.45) is 17.5 Å². The molecule has 5 heteroatoms. The summed E-state index contributed by atoms with van der Waals surface area (Å²) in [5, 5.41) is 0. The molecule has 0 fully saturated rings. The maximum atomic E-state index is 11.4. The maximum Gasteiger partial charge on any atom is 0.215 e. The first-order valence-electron chi connectivity index (χ1n) is 5.15. The summed E-state index contributed by atoms with van der Waals surface area (Å²) in [6.07, 6.45) is 1.50. The fraction of sp³-hybridized carbons (Fsp3) is 0.800. The van der Waals surface area contributed by atoms with E-state index >= 15 is 0 Å². The van der Waals surface area contributed by atoms with Crippen LogP contribution in [0, 0.1) is 5.92 Å². The lowest BCUT2D eigenvalue weighted by atomic mass is 9.96. The Morgan fingerprint density at radius 2 is 1.87 bits per heavy atom.